The molecule has 4 aromatic rings. The van der Waals surface area contributed by atoms with Crippen molar-refractivity contribution in [3.8, 4) is 28.4 Å². The number of amides is 2. The van der Waals surface area contributed by atoms with Crippen molar-refractivity contribution in [3.63, 3.8) is 0 Å². The van der Waals surface area contributed by atoms with Gasteiger partial charge in [-0.05, 0) is 65.8 Å². The molecule has 8 nitrogen and oxygen atoms in total. The number of benzene rings is 4. The van der Waals surface area contributed by atoms with E-state index in [-0.39, 0.29) is 16.6 Å². The molecule has 0 saturated heterocycles. The van der Waals surface area contributed by atoms with Gasteiger partial charge in [-0.3, -0.25) is 14.9 Å². The van der Waals surface area contributed by atoms with E-state index < -0.39 is 5.91 Å². The zero-order chi connectivity index (χ0) is 28.6. The van der Waals surface area contributed by atoms with Crippen LogP contribution in [0.3, 0.4) is 0 Å². The van der Waals surface area contributed by atoms with Gasteiger partial charge < -0.3 is 24.8 Å². The van der Waals surface area contributed by atoms with Crippen LogP contribution >= 0.6 is 23.8 Å². The molecular weight excluding hydrogens is 550 g/mol. The lowest BCUT2D eigenvalue weighted by atomic mass is 10.0. The third-order valence-corrected chi connectivity index (χ3v) is 6.41. The molecule has 0 atom stereocenters. The zero-order valence-electron chi connectivity index (χ0n) is 21.9. The maximum absolute atomic E-state index is 12.9. The van der Waals surface area contributed by atoms with Crippen molar-refractivity contribution in [2.24, 2.45) is 0 Å². The van der Waals surface area contributed by atoms with Crippen molar-refractivity contribution in [1.29, 1.82) is 0 Å². The molecular formula is C30H26ClN3O5S. The average molecular weight is 576 g/mol. The molecule has 4 rings (SSSR count). The Morgan fingerprint density at radius 1 is 0.700 bits per heavy atom. The Morgan fingerprint density at radius 2 is 1.32 bits per heavy atom. The van der Waals surface area contributed by atoms with E-state index in [1.54, 1.807) is 30.3 Å². The highest BCUT2D eigenvalue weighted by Crippen LogP contribution is 2.38. The van der Waals surface area contributed by atoms with Crippen molar-refractivity contribution >= 4 is 52.1 Å². The van der Waals surface area contributed by atoms with Gasteiger partial charge in [0.25, 0.3) is 11.8 Å². The summed E-state index contributed by atoms with van der Waals surface area (Å²) in [5.41, 5.74) is 3.67. The van der Waals surface area contributed by atoms with E-state index in [1.165, 1.54) is 33.5 Å². The molecule has 204 valence electrons. The highest BCUT2D eigenvalue weighted by atomic mass is 35.5. The minimum Gasteiger partial charge on any atom is -0.493 e. The molecule has 0 saturated carbocycles. The maximum Gasteiger partial charge on any atom is 0.257 e. The van der Waals surface area contributed by atoms with Gasteiger partial charge in [-0.25, -0.2) is 0 Å². The third kappa shape index (κ3) is 6.69. The number of nitrogens with one attached hydrogen (secondary N) is 3. The van der Waals surface area contributed by atoms with Crippen molar-refractivity contribution in [3.05, 3.63) is 101 Å². The van der Waals surface area contributed by atoms with E-state index in [0.29, 0.717) is 39.2 Å². The molecule has 10 heteroatoms. The summed E-state index contributed by atoms with van der Waals surface area (Å²) in [6.45, 7) is 0. The van der Waals surface area contributed by atoms with Crippen molar-refractivity contribution in [1.82, 2.24) is 5.32 Å². The van der Waals surface area contributed by atoms with Crippen molar-refractivity contribution in [2.75, 3.05) is 32.0 Å². The van der Waals surface area contributed by atoms with Crippen LogP contribution in [0.1, 0.15) is 20.7 Å². The van der Waals surface area contributed by atoms with Gasteiger partial charge in [-0.1, -0.05) is 54.1 Å². The van der Waals surface area contributed by atoms with Crippen LogP contribution in [0.5, 0.6) is 17.2 Å². The lowest BCUT2D eigenvalue weighted by molar-refractivity contribution is 0.0975. The summed E-state index contributed by atoms with van der Waals surface area (Å²) < 4.78 is 15.9. The highest BCUT2D eigenvalue weighted by Gasteiger charge is 2.18. The second kappa shape index (κ2) is 13.0. The second-order valence-electron chi connectivity index (χ2n) is 8.41. The largest absolute Gasteiger partial charge is 0.493 e. The number of ether oxygens (including phenoxy) is 3. The number of hydrogen-bond acceptors (Lipinski definition) is 6. The van der Waals surface area contributed by atoms with E-state index in [4.69, 9.17) is 38.0 Å². The third-order valence-electron chi connectivity index (χ3n) is 5.88. The van der Waals surface area contributed by atoms with Gasteiger partial charge in [-0.15, -0.1) is 0 Å². The van der Waals surface area contributed by atoms with Gasteiger partial charge in [0.15, 0.2) is 16.6 Å². The summed E-state index contributed by atoms with van der Waals surface area (Å²) in [6.07, 6.45) is 0. The molecule has 0 heterocycles. The summed E-state index contributed by atoms with van der Waals surface area (Å²) in [4.78, 5) is 25.7. The topological polar surface area (TPSA) is 97.9 Å². The Balaban J connectivity index is 1.42. The van der Waals surface area contributed by atoms with E-state index in [9.17, 15) is 9.59 Å². The fraction of sp³-hybridized carbons (Fsp3) is 0.100. The number of carbonyl (C=O) groups excluding carboxylic acids is 2. The summed E-state index contributed by atoms with van der Waals surface area (Å²) in [5, 5.41) is 8.74. The number of hydrogen-bond donors (Lipinski definition) is 3. The SMILES string of the molecule is COc1cc(C(=O)NC(=S)Nc2ccc(Cl)c(NC(=O)c3ccc(-c4ccccc4)cc3)c2)cc(OC)c1OC. The minimum atomic E-state index is -0.488. The zero-order valence-corrected chi connectivity index (χ0v) is 23.5. The van der Waals surface area contributed by atoms with E-state index in [0.717, 1.165) is 11.1 Å². The normalized spacial score (nSPS) is 10.3. The van der Waals surface area contributed by atoms with Gasteiger partial charge >= 0.3 is 0 Å². The van der Waals surface area contributed by atoms with Gasteiger partial charge in [0.05, 0.1) is 32.0 Å². The Labute approximate surface area is 242 Å². The Kier molecular flexibility index (Phi) is 9.21. The molecule has 0 bridgehead atoms. The number of carbonyl (C=O) groups is 2. The second-order valence-corrected chi connectivity index (χ2v) is 9.23. The molecule has 0 aliphatic heterocycles. The van der Waals surface area contributed by atoms with E-state index in [2.05, 4.69) is 16.0 Å². The fourth-order valence-electron chi connectivity index (χ4n) is 3.89. The Morgan fingerprint density at radius 3 is 1.93 bits per heavy atom. The van der Waals surface area contributed by atoms with Gasteiger partial charge in [-0.2, -0.15) is 0 Å². The average Bonchev–Trinajstić information content (AvgIpc) is 2.98. The van der Waals surface area contributed by atoms with Crippen molar-refractivity contribution < 1.29 is 23.8 Å². The number of rotatable bonds is 8. The van der Waals surface area contributed by atoms with Crippen LogP contribution in [0.4, 0.5) is 11.4 Å². The highest BCUT2D eigenvalue weighted by molar-refractivity contribution is 7.80. The molecule has 0 aromatic heterocycles. The Bertz CT molecular complexity index is 1520. The first-order chi connectivity index (χ1) is 19.3. The quantitative estimate of drug-likeness (QED) is 0.209. The first-order valence-electron chi connectivity index (χ1n) is 12.0. The standard InChI is InChI=1S/C30H26ClN3O5S/c1-37-25-15-21(16-26(38-2)27(25)39-3)29(36)34-30(40)32-22-13-14-23(31)24(17-22)33-28(35)20-11-9-19(10-12-20)18-7-5-4-6-8-18/h4-17H,1-3H3,(H,33,35)(H2,32,34,36,40). The number of methoxy groups -OCH3 is 3. The van der Waals surface area contributed by atoms with Crippen LogP contribution in [-0.4, -0.2) is 38.3 Å². The number of anilines is 2. The minimum absolute atomic E-state index is 0.0369. The van der Waals surface area contributed by atoms with Gasteiger partial charge in [0, 0.05) is 16.8 Å². The summed E-state index contributed by atoms with van der Waals surface area (Å²) in [5.74, 6) is 0.220. The predicted molar refractivity (Wildman–Crippen MR) is 161 cm³/mol. The molecule has 0 radical (unpaired) electrons. The summed E-state index contributed by atoms with van der Waals surface area (Å²) in [7, 11) is 4.40. The van der Waals surface area contributed by atoms with Crippen LogP contribution in [0, 0.1) is 0 Å². The van der Waals surface area contributed by atoms with Crippen LogP contribution in [0.15, 0.2) is 84.9 Å². The lowest BCUT2D eigenvalue weighted by Crippen LogP contribution is -2.34. The first-order valence-corrected chi connectivity index (χ1v) is 12.8. The van der Waals surface area contributed by atoms with Crippen LogP contribution in [-0.2, 0) is 0 Å². The van der Waals surface area contributed by atoms with Crippen LogP contribution in [0.2, 0.25) is 5.02 Å². The summed E-state index contributed by atoms with van der Waals surface area (Å²) in [6, 6.07) is 25.1. The first kappa shape index (κ1) is 28.4. The molecule has 2 amide bonds. The van der Waals surface area contributed by atoms with Crippen molar-refractivity contribution in [2.45, 2.75) is 0 Å². The lowest BCUT2D eigenvalue weighted by Gasteiger charge is -2.15. The van der Waals surface area contributed by atoms with E-state index >= 15 is 0 Å². The molecule has 4 aromatic carbocycles. The molecule has 0 aliphatic carbocycles. The maximum atomic E-state index is 12.9. The van der Waals surface area contributed by atoms with Gasteiger partial charge in [0.1, 0.15) is 0 Å². The van der Waals surface area contributed by atoms with Crippen LogP contribution < -0.4 is 30.2 Å². The van der Waals surface area contributed by atoms with Crippen LogP contribution in [0.25, 0.3) is 11.1 Å². The predicted octanol–water partition coefficient (Wildman–Crippen LogP) is 6.41. The number of thiocarbonyl (C=S) groups is 1. The number of halogens is 1. The molecule has 40 heavy (non-hydrogen) atoms. The smallest absolute Gasteiger partial charge is 0.257 e. The molecule has 0 aliphatic rings. The van der Waals surface area contributed by atoms with Gasteiger partial charge in [0.2, 0.25) is 5.75 Å². The Hall–Kier alpha value is -4.60. The molecule has 3 N–H and O–H groups in total. The molecule has 0 fully saturated rings. The molecule has 0 spiro atoms. The van der Waals surface area contributed by atoms with E-state index in [1.807, 2.05) is 42.5 Å². The fourth-order valence-corrected chi connectivity index (χ4v) is 4.26. The molecule has 0 unspecified atom stereocenters. The summed E-state index contributed by atoms with van der Waals surface area (Å²) >= 11 is 11.7. The monoisotopic (exact) mass is 575 g/mol.